The molecule has 4 heteroatoms. The fraction of sp³-hybridized carbons (Fsp3) is 1.00. The second kappa shape index (κ2) is 5.09. The second-order valence-electron chi connectivity index (χ2n) is 5.40. The maximum atomic E-state index is 9.65. The van der Waals surface area contributed by atoms with Crippen LogP contribution in [0.3, 0.4) is 0 Å². The van der Waals surface area contributed by atoms with Gasteiger partial charge in [-0.1, -0.05) is 0 Å². The Bertz CT molecular complexity index is 229. The van der Waals surface area contributed by atoms with Gasteiger partial charge in [0.2, 0.25) is 0 Å². The first-order valence-electron chi connectivity index (χ1n) is 6.40. The Morgan fingerprint density at radius 2 is 1.50 bits per heavy atom. The Kier molecular flexibility index (Phi) is 3.72. The maximum Gasteiger partial charge on any atom is 0.0546 e. The van der Waals surface area contributed by atoms with E-state index in [0.717, 1.165) is 30.7 Å². The molecule has 3 aliphatic rings. The fourth-order valence-corrected chi connectivity index (χ4v) is 6.04. The van der Waals surface area contributed by atoms with Crippen molar-refractivity contribution in [2.24, 2.45) is 11.8 Å². The summed E-state index contributed by atoms with van der Waals surface area (Å²) in [6.07, 6.45) is 2.14. The fourth-order valence-electron chi connectivity index (χ4n) is 3.42. The van der Waals surface area contributed by atoms with Crippen molar-refractivity contribution < 1.29 is 5.11 Å². The van der Waals surface area contributed by atoms with Crippen molar-refractivity contribution in [3.63, 3.8) is 0 Å². The van der Waals surface area contributed by atoms with Crippen molar-refractivity contribution >= 4 is 23.5 Å². The van der Waals surface area contributed by atoms with Crippen molar-refractivity contribution in [1.29, 1.82) is 0 Å². The van der Waals surface area contributed by atoms with Crippen LogP contribution in [0.5, 0.6) is 0 Å². The molecule has 0 aromatic rings. The SMILES string of the molecule is OC1C[C@@H]2CN(C3CSCCSC3)C[C@@H]2C1. The second-order valence-corrected chi connectivity index (χ2v) is 7.70. The lowest BCUT2D eigenvalue weighted by Gasteiger charge is -2.27. The Hall–Kier alpha value is 0.620. The van der Waals surface area contributed by atoms with Crippen molar-refractivity contribution in [3.05, 3.63) is 0 Å². The van der Waals surface area contributed by atoms with E-state index in [-0.39, 0.29) is 6.10 Å². The van der Waals surface area contributed by atoms with Gasteiger partial charge in [-0.15, -0.1) is 0 Å². The van der Waals surface area contributed by atoms with Gasteiger partial charge in [0.1, 0.15) is 0 Å². The molecule has 16 heavy (non-hydrogen) atoms. The van der Waals surface area contributed by atoms with Crippen LogP contribution < -0.4 is 0 Å². The van der Waals surface area contributed by atoms with E-state index in [1.165, 1.54) is 36.1 Å². The van der Waals surface area contributed by atoms with Crippen LogP contribution in [0, 0.1) is 11.8 Å². The highest BCUT2D eigenvalue weighted by Gasteiger charge is 2.42. The number of thioether (sulfide) groups is 2. The van der Waals surface area contributed by atoms with Gasteiger partial charge in [0.25, 0.3) is 0 Å². The van der Waals surface area contributed by atoms with Crippen molar-refractivity contribution in [3.8, 4) is 0 Å². The zero-order valence-corrected chi connectivity index (χ0v) is 11.3. The number of hydrogen-bond acceptors (Lipinski definition) is 4. The molecule has 0 aromatic carbocycles. The van der Waals surface area contributed by atoms with Gasteiger partial charge in [0.05, 0.1) is 6.10 Å². The molecule has 1 N–H and O–H groups in total. The van der Waals surface area contributed by atoms with Crippen LogP contribution in [0.2, 0.25) is 0 Å². The Labute approximate surface area is 107 Å². The van der Waals surface area contributed by atoms with E-state index in [0.29, 0.717) is 0 Å². The topological polar surface area (TPSA) is 23.5 Å². The number of hydrogen-bond donors (Lipinski definition) is 1. The van der Waals surface area contributed by atoms with Crippen LogP contribution in [-0.2, 0) is 0 Å². The molecule has 0 spiro atoms. The molecule has 1 aliphatic carbocycles. The average molecular weight is 259 g/mol. The predicted octanol–water partition coefficient (Wildman–Crippen LogP) is 1.54. The molecule has 3 fully saturated rings. The van der Waals surface area contributed by atoms with E-state index < -0.39 is 0 Å². The molecule has 1 saturated carbocycles. The molecule has 2 saturated heterocycles. The number of fused-ring (bicyclic) bond motifs is 1. The van der Waals surface area contributed by atoms with Crippen LogP contribution in [0.15, 0.2) is 0 Å². The molecular formula is C12H21NOS2. The third kappa shape index (κ3) is 2.40. The zero-order chi connectivity index (χ0) is 11.0. The van der Waals surface area contributed by atoms with Gasteiger partial charge in [-0.3, -0.25) is 4.90 Å². The molecule has 0 bridgehead atoms. The molecule has 0 aromatic heterocycles. The van der Waals surface area contributed by atoms with Gasteiger partial charge in [-0.05, 0) is 24.7 Å². The van der Waals surface area contributed by atoms with E-state index in [1.54, 1.807) is 0 Å². The van der Waals surface area contributed by atoms with Crippen LogP contribution in [0.25, 0.3) is 0 Å². The summed E-state index contributed by atoms with van der Waals surface area (Å²) >= 11 is 4.25. The Morgan fingerprint density at radius 1 is 0.938 bits per heavy atom. The zero-order valence-electron chi connectivity index (χ0n) is 9.68. The van der Waals surface area contributed by atoms with Gasteiger partial charge >= 0.3 is 0 Å². The van der Waals surface area contributed by atoms with Gasteiger partial charge in [-0.2, -0.15) is 23.5 Å². The first-order chi connectivity index (χ1) is 7.83. The summed E-state index contributed by atoms with van der Waals surface area (Å²) in [5, 5.41) is 9.65. The third-order valence-electron chi connectivity index (χ3n) is 4.26. The van der Waals surface area contributed by atoms with Crippen LogP contribution in [0.1, 0.15) is 12.8 Å². The summed E-state index contributed by atoms with van der Waals surface area (Å²) in [5.41, 5.74) is 0. The number of aliphatic hydroxyl groups excluding tert-OH is 1. The first-order valence-corrected chi connectivity index (χ1v) is 8.71. The summed E-state index contributed by atoms with van der Waals surface area (Å²) in [7, 11) is 0. The quantitative estimate of drug-likeness (QED) is 0.772. The molecule has 0 amide bonds. The molecule has 3 atom stereocenters. The molecule has 1 unspecified atom stereocenters. The Morgan fingerprint density at radius 3 is 2.06 bits per heavy atom. The van der Waals surface area contributed by atoms with Crippen molar-refractivity contribution in [1.82, 2.24) is 4.90 Å². The minimum absolute atomic E-state index is 0.00929. The van der Waals surface area contributed by atoms with Gasteiger partial charge in [-0.25, -0.2) is 0 Å². The summed E-state index contributed by atoms with van der Waals surface area (Å²) < 4.78 is 0. The lowest BCUT2D eigenvalue weighted by Crippen LogP contribution is -2.37. The minimum atomic E-state index is 0.00929. The molecule has 3 rings (SSSR count). The smallest absolute Gasteiger partial charge is 0.0546 e. The summed E-state index contributed by atoms with van der Waals surface area (Å²) in [5.74, 6) is 6.92. The summed E-state index contributed by atoms with van der Waals surface area (Å²) in [6.45, 7) is 2.51. The molecular weight excluding hydrogens is 238 g/mol. The minimum Gasteiger partial charge on any atom is -0.393 e. The van der Waals surface area contributed by atoms with Crippen molar-refractivity contribution in [2.45, 2.75) is 25.0 Å². The number of likely N-dealkylation sites (tertiary alicyclic amines) is 1. The van der Waals surface area contributed by atoms with Gasteiger partial charge in [0.15, 0.2) is 0 Å². The van der Waals surface area contributed by atoms with E-state index in [9.17, 15) is 5.11 Å². The normalized spacial score (nSPS) is 42.2. The average Bonchev–Trinajstić information content (AvgIpc) is 2.65. The molecule has 2 nitrogen and oxygen atoms in total. The lowest BCUT2D eigenvalue weighted by molar-refractivity contribution is 0.157. The standard InChI is InChI=1S/C12H21NOS2/c14-12-3-9-5-13(6-10(9)4-12)11-7-15-1-2-16-8-11/h9-12,14H,1-8H2/t9-,10+,12?. The molecule has 0 radical (unpaired) electrons. The highest BCUT2D eigenvalue weighted by Crippen LogP contribution is 2.39. The maximum absolute atomic E-state index is 9.65. The summed E-state index contributed by atoms with van der Waals surface area (Å²) in [6, 6.07) is 0.806. The van der Waals surface area contributed by atoms with Crippen molar-refractivity contribution in [2.75, 3.05) is 36.1 Å². The lowest BCUT2D eigenvalue weighted by atomic mass is 10.0. The molecule has 2 aliphatic heterocycles. The molecule has 2 heterocycles. The number of rotatable bonds is 1. The van der Waals surface area contributed by atoms with Gasteiger partial charge in [0, 0.05) is 42.1 Å². The van der Waals surface area contributed by atoms with Crippen LogP contribution in [0.4, 0.5) is 0 Å². The molecule has 92 valence electrons. The highest BCUT2D eigenvalue weighted by atomic mass is 32.2. The third-order valence-corrected chi connectivity index (χ3v) is 6.75. The number of aliphatic hydroxyl groups is 1. The van der Waals surface area contributed by atoms with E-state index in [2.05, 4.69) is 28.4 Å². The first kappa shape index (κ1) is 11.7. The van der Waals surface area contributed by atoms with Crippen LogP contribution in [-0.4, -0.2) is 58.3 Å². The Balaban J connectivity index is 1.57. The monoisotopic (exact) mass is 259 g/mol. The highest BCUT2D eigenvalue weighted by molar-refractivity contribution is 8.03. The van der Waals surface area contributed by atoms with Crippen LogP contribution >= 0.6 is 23.5 Å². The largest absolute Gasteiger partial charge is 0.393 e. The summed E-state index contributed by atoms with van der Waals surface area (Å²) in [4.78, 5) is 2.71. The van der Waals surface area contributed by atoms with E-state index in [1.807, 2.05) is 0 Å². The van der Waals surface area contributed by atoms with E-state index in [4.69, 9.17) is 0 Å². The van der Waals surface area contributed by atoms with Gasteiger partial charge < -0.3 is 5.11 Å². The predicted molar refractivity (Wildman–Crippen MR) is 72.2 cm³/mol. The van der Waals surface area contributed by atoms with E-state index >= 15 is 0 Å². The number of nitrogens with zero attached hydrogens (tertiary/aromatic N) is 1.